The first kappa shape index (κ1) is 11.6. The molecule has 1 aromatic heterocycles. The minimum absolute atomic E-state index is 0.0691. The zero-order valence-electron chi connectivity index (χ0n) is 9.32. The van der Waals surface area contributed by atoms with Crippen molar-refractivity contribution in [3.8, 4) is 0 Å². The summed E-state index contributed by atoms with van der Waals surface area (Å²) in [6.45, 7) is 0.760. The Bertz CT molecular complexity index is 337. The van der Waals surface area contributed by atoms with Crippen molar-refractivity contribution >= 4 is 17.2 Å². The molecule has 0 spiro atoms. The molecule has 1 heterocycles. The average molecular weight is 238 g/mol. The Balaban J connectivity index is 1.81. The number of nitrogens with two attached hydrogens (primary N) is 1. The van der Waals surface area contributed by atoms with Crippen LogP contribution >= 0.6 is 11.3 Å². The molecule has 0 radical (unpaired) electrons. The zero-order valence-corrected chi connectivity index (χ0v) is 10.1. The summed E-state index contributed by atoms with van der Waals surface area (Å²) in [7, 11) is 0. The quantitative estimate of drug-likeness (QED) is 0.843. The number of carbonyl (C=O) groups excluding carboxylic acids is 1. The Hall–Kier alpha value is -0.870. The van der Waals surface area contributed by atoms with Gasteiger partial charge < -0.3 is 11.1 Å². The largest absolute Gasteiger partial charge is 0.349 e. The molecule has 3 N–H and O–H groups in total. The molecule has 1 aliphatic carbocycles. The predicted molar refractivity (Wildman–Crippen MR) is 66.6 cm³/mol. The Morgan fingerprint density at radius 2 is 2.44 bits per heavy atom. The van der Waals surface area contributed by atoms with Crippen molar-refractivity contribution in [2.75, 3.05) is 6.54 Å². The Kier molecular flexibility index (Phi) is 3.96. The minimum atomic E-state index is 0.0691. The number of hydrogen-bond acceptors (Lipinski definition) is 3. The summed E-state index contributed by atoms with van der Waals surface area (Å²) in [5.74, 6) is 0.775. The summed E-state index contributed by atoms with van der Waals surface area (Å²) < 4.78 is 0. The molecule has 1 saturated carbocycles. The van der Waals surface area contributed by atoms with Gasteiger partial charge in [0.15, 0.2) is 0 Å². The van der Waals surface area contributed by atoms with E-state index in [1.165, 1.54) is 6.42 Å². The first-order chi connectivity index (χ1) is 7.79. The van der Waals surface area contributed by atoms with E-state index in [1.54, 1.807) is 11.3 Å². The lowest BCUT2D eigenvalue weighted by Gasteiger charge is -2.12. The van der Waals surface area contributed by atoms with Gasteiger partial charge in [-0.2, -0.15) is 11.3 Å². The molecule has 1 aliphatic rings. The molecule has 1 fully saturated rings. The standard InChI is InChI=1S/C12H18N2OS/c13-5-3-9-1-2-11(7-9)14-12(15)10-4-6-16-8-10/h4,6,8-9,11H,1-3,5,7,13H2,(H,14,15). The van der Waals surface area contributed by atoms with E-state index in [0.717, 1.165) is 31.4 Å². The summed E-state index contributed by atoms with van der Waals surface area (Å²) >= 11 is 1.56. The monoisotopic (exact) mass is 238 g/mol. The van der Waals surface area contributed by atoms with Crippen molar-refractivity contribution < 1.29 is 4.79 Å². The SMILES string of the molecule is NCCC1CCC(NC(=O)c2ccsc2)C1. The lowest BCUT2D eigenvalue weighted by atomic mass is 10.0. The van der Waals surface area contributed by atoms with Gasteiger partial charge in [-0.1, -0.05) is 0 Å². The Morgan fingerprint density at radius 3 is 3.12 bits per heavy atom. The van der Waals surface area contributed by atoms with Crippen molar-refractivity contribution in [3.63, 3.8) is 0 Å². The third-order valence-corrected chi connectivity index (χ3v) is 3.92. The molecule has 2 unspecified atom stereocenters. The van der Waals surface area contributed by atoms with Crippen LogP contribution in [0.2, 0.25) is 0 Å². The van der Waals surface area contributed by atoms with E-state index in [9.17, 15) is 4.79 Å². The fraction of sp³-hybridized carbons (Fsp3) is 0.583. The molecule has 1 aromatic rings. The molecule has 1 amide bonds. The second-order valence-corrected chi connectivity index (χ2v) is 5.22. The van der Waals surface area contributed by atoms with Gasteiger partial charge in [0.05, 0.1) is 0 Å². The van der Waals surface area contributed by atoms with Gasteiger partial charge >= 0.3 is 0 Å². The van der Waals surface area contributed by atoms with Crippen LogP contribution in [0.1, 0.15) is 36.0 Å². The van der Waals surface area contributed by atoms with Crippen molar-refractivity contribution in [2.24, 2.45) is 11.7 Å². The van der Waals surface area contributed by atoms with Gasteiger partial charge in [-0.3, -0.25) is 4.79 Å². The number of hydrogen-bond donors (Lipinski definition) is 2. The van der Waals surface area contributed by atoms with Crippen molar-refractivity contribution in [2.45, 2.75) is 31.7 Å². The lowest BCUT2D eigenvalue weighted by molar-refractivity contribution is 0.0937. The third kappa shape index (κ3) is 2.83. The van der Waals surface area contributed by atoms with Gasteiger partial charge in [0.2, 0.25) is 0 Å². The van der Waals surface area contributed by atoms with Crippen LogP contribution in [0.4, 0.5) is 0 Å². The van der Waals surface area contributed by atoms with Crippen LogP contribution < -0.4 is 11.1 Å². The van der Waals surface area contributed by atoms with E-state index in [0.29, 0.717) is 12.0 Å². The van der Waals surface area contributed by atoms with Gasteiger partial charge in [-0.05, 0) is 49.6 Å². The maximum absolute atomic E-state index is 11.8. The zero-order chi connectivity index (χ0) is 11.4. The first-order valence-corrected chi connectivity index (χ1v) is 6.77. The molecule has 16 heavy (non-hydrogen) atoms. The molecular formula is C12H18N2OS. The molecule has 2 rings (SSSR count). The summed E-state index contributed by atoms with van der Waals surface area (Å²) in [6, 6.07) is 2.22. The molecular weight excluding hydrogens is 220 g/mol. The van der Waals surface area contributed by atoms with Crippen LogP contribution in [0.5, 0.6) is 0 Å². The summed E-state index contributed by atoms with van der Waals surface area (Å²) in [6.07, 6.45) is 4.48. The molecule has 0 aliphatic heterocycles. The predicted octanol–water partition coefficient (Wildman–Crippen LogP) is 2.00. The number of nitrogens with one attached hydrogen (secondary N) is 1. The van der Waals surface area contributed by atoms with E-state index < -0.39 is 0 Å². The average Bonchev–Trinajstić information content (AvgIpc) is 2.89. The van der Waals surface area contributed by atoms with E-state index in [1.807, 2.05) is 16.8 Å². The van der Waals surface area contributed by atoms with Crippen molar-refractivity contribution in [3.05, 3.63) is 22.4 Å². The van der Waals surface area contributed by atoms with E-state index >= 15 is 0 Å². The molecule has 0 bridgehead atoms. The van der Waals surface area contributed by atoms with Crippen LogP contribution in [0, 0.1) is 5.92 Å². The molecule has 3 nitrogen and oxygen atoms in total. The number of thiophene rings is 1. The second-order valence-electron chi connectivity index (χ2n) is 4.44. The van der Waals surface area contributed by atoms with Gasteiger partial charge in [-0.15, -0.1) is 0 Å². The maximum atomic E-state index is 11.8. The highest BCUT2D eigenvalue weighted by atomic mass is 32.1. The van der Waals surface area contributed by atoms with Crippen molar-refractivity contribution in [1.82, 2.24) is 5.32 Å². The van der Waals surface area contributed by atoms with Gasteiger partial charge in [0, 0.05) is 17.0 Å². The normalized spacial score (nSPS) is 24.6. The number of carbonyl (C=O) groups is 1. The van der Waals surface area contributed by atoms with E-state index in [-0.39, 0.29) is 5.91 Å². The fourth-order valence-corrected chi connectivity index (χ4v) is 3.00. The van der Waals surface area contributed by atoms with Gasteiger partial charge in [0.1, 0.15) is 0 Å². The van der Waals surface area contributed by atoms with Crippen LogP contribution in [0.25, 0.3) is 0 Å². The number of amides is 1. The molecule has 0 aromatic carbocycles. The van der Waals surface area contributed by atoms with Crippen LogP contribution in [-0.4, -0.2) is 18.5 Å². The summed E-state index contributed by atoms with van der Waals surface area (Å²) in [4.78, 5) is 11.8. The topological polar surface area (TPSA) is 55.1 Å². The van der Waals surface area contributed by atoms with Crippen LogP contribution in [-0.2, 0) is 0 Å². The maximum Gasteiger partial charge on any atom is 0.252 e. The highest BCUT2D eigenvalue weighted by Gasteiger charge is 2.25. The molecule has 4 heteroatoms. The van der Waals surface area contributed by atoms with E-state index in [2.05, 4.69) is 5.32 Å². The Labute approximate surface area is 100 Å². The summed E-state index contributed by atoms with van der Waals surface area (Å²) in [5, 5.41) is 6.92. The second kappa shape index (κ2) is 5.46. The van der Waals surface area contributed by atoms with E-state index in [4.69, 9.17) is 5.73 Å². The van der Waals surface area contributed by atoms with Gasteiger partial charge in [0.25, 0.3) is 5.91 Å². The highest BCUT2D eigenvalue weighted by Crippen LogP contribution is 2.27. The first-order valence-electron chi connectivity index (χ1n) is 5.82. The van der Waals surface area contributed by atoms with Crippen LogP contribution in [0.15, 0.2) is 16.8 Å². The molecule has 0 saturated heterocycles. The van der Waals surface area contributed by atoms with Crippen LogP contribution in [0.3, 0.4) is 0 Å². The summed E-state index contributed by atoms with van der Waals surface area (Å²) in [5.41, 5.74) is 6.33. The third-order valence-electron chi connectivity index (χ3n) is 3.23. The lowest BCUT2D eigenvalue weighted by Crippen LogP contribution is -2.32. The Morgan fingerprint density at radius 1 is 1.56 bits per heavy atom. The highest BCUT2D eigenvalue weighted by molar-refractivity contribution is 7.08. The fourth-order valence-electron chi connectivity index (χ4n) is 2.37. The van der Waals surface area contributed by atoms with Gasteiger partial charge in [-0.25, -0.2) is 0 Å². The molecule has 88 valence electrons. The number of rotatable bonds is 4. The van der Waals surface area contributed by atoms with Crippen molar-refractivity contribution in [1.29, 1.82) is 0 Å². The minimum Gasteiger partial charge on any atom is -0.349 e. The smallest absolute Gasteiger partial charge is 0.252 e. The molecule has 2 atom stereocenters.